The van der Waals surface area contributed by atoms with Gasteiger partial charge in [0.05, 0.1) is 0 Å². The topological polar surface area (TPSA) is 38.5 Å². The Morgan fingerprint density at radius 3 is 2.62 bits per heavy atom. The van der Waals surface area contributed by atoms with Crippen molar-refractivity contribution in [3.05, 3.63) is 11.8 Å². The molecular weight excluding hydrogens is 164 g/mol. The van der Waals surface area contributed by atoms with Crippen LogP contribution >= 0.6 is 0 Å². The number of allylic oxidation sites excluding steroid dienone is 2. The highest BCUT2D eigenvalue weighted by atomic mass is 16.5. The number of hydrogen-bond acceptors (Lipinski definition) is 3. The summed E-state index contributed by atoms with van der Waals surface area (Å²) in [6, 6.07) is 0.472. The first-order chi connectivity index (χ1) is 6.29. The Labute approximate surface area is 80.5 Å². The van der Waals surface area contributed by atoms with Crippen molar-refractivity contribution in [2.75, 3.05) is 13.2 Å². The van der Waals surface area contributed by atoms with Crippen molar-refractivity contribution in [3.63, 3.8) is 0 Å². The summed E-state index contributed by atoms with van der Waals surface area (Å²) in [6.07, 6.45) is 5.20. The molecule has 1 aliphatic rings. The lowest BCUT2D eigenvalue weighted by Crippen LogP contribution is -2.43. The average molecular weight is 184 g/mol. The highest BCUT2D eigenvalue weighted by molar-refractivity contribution is 4.99. The largest absolute Gasteiger partial charge is 0.381 e. The van der Waals surface area contributed by atoms with Crippen molar-refractivity contribution < 1.29 is 4.74 Å². The van der Waals surface area contributed by atoms with Gasteiger partial charge in [0.15, 0.2) is 0 Å². The van der Waals surface area contributed by atoms with E-state index in [0.29, 0.717) is 6.04 Å². The van der Waals surface area contributed by atoms with Gasteiger partial charge in [-0.15, -0.1) is 0 Å². The van der Waals surface area contributed by atoms with Gasteiger partial charge in [0.2, 0.25) is 0 Å². The smallest absolute Gasteiger partial charge is 0.0492 e. The minimum absolute atomic E-state index is 0.472. The number of nitrogens with two attached hydrogens (primary N) is 1. The van der Waals surface area contributed by atoms with Crippen molar-refractivity contribution in [1.29, 1.82) is 0 Å². The van der Waals surface area contributed by atoms with E-state index >= 15 is 0 Å². The molecule has 0 spiro atoms. The molecular formula is C10H20N2O. The van der Waals surface area contributed by atoms with Gasteiger partial charge in [0.1, 0.15) is 0 Å². The Hall–Kier alpha value is -0.540. The molecule has 1 fully saturated rings. The van der Waals surface area contributed by atoms with E-state index in [9.17, 15) is 0 Å². The van der Waals surface area contributed by atoms with Crippen LogP contribution in [0.2, 0.25) is 0 Å². The normalized spacial score (nSPS) is 20.4. The standard InChI is InChI=1S/C10H20N2O/c1-3-9(4-2)12(11)10-5-7-13-8-6-10/h3,10H,4-8,11H2,1-2H3/b9-3+. The third kappa shape index (κ3) is 2.71. The van der Waals surface area contributed by atoms with E-state index in [0.717, 1.165) is 32.5 Å². The molecule has 2 N–H and O–H groups in total. The summed E-state index contributed by atoms with van der Waals surface area (Å²) in [5.74, 6) is 6.02. The fourth-order valence-corrected chi connectivity index (χ4v) is 1.73. The van der Waals surface area contributed by atoms with Crippen LogP contribution in [0.1, 0.15) is 33.1 Å². The predicted molar refractivity (Wildman–Crippen MR) is 53.9 cm³/mol. The minimum atomic E-state index is 0.472. The van der Waals surface area contributed by atoms with Crippen LogP contribution in [0.5, 0.6) is 0 Å². The number of hydrazine groups is 1. The van der Waals surface area contributed by atoms with Gasteiger partial charge >= 0.3 is 0 Å². The summed E-state index contributed by atoms with van der Waals surface area (Å²) >= 11 is 0. The minimum Gasteiger partial charge on any atom is -0.381 e. The Morgan fingerprint density at radius 2 is 2.15 bits per heavy atom. The van der Waals surface area contributed by atoms with Crippen LogP contribution in [0.3, 0.4) is 0 Å². The molecule has 76 valence electrons. The Morgan fingerprint density at radius 1 is 1.54 bits per heavy atom. The summed E-state index contributed by atoms with van der Waals surface area (Å²) in [7, 11) is 0. The van der Waals surface area contributed by atoms with Crippen LogP contribution in [0.4, 0.5) is 0 Å². The summed E-state index contributed by atoms with van der Waals surface area (Å²) in [4.78, 5) is 0. The van der Waals surface area contributed by atoms with Crippen LogP contribution in [-0.4, -0.2) is 24.3 Å². The molecule has 0 aromatic heterocycles. The monoisotopic (exact) mass is 184 g/mol. The Balaban J connectivity index is 2.49. The van der Waals surface area contributed by atoms with Crippen molar-refractivity contribution in [1.82, 2.24) is 5.01 Å². The molecule has 0 atom stereocenters. The van der Waals surface area contributed by atoms with E-state index in [4.69, 9.17) is 10.6 Å². The van der Waals surface area contributed by atoms with Gasteiger partial charge in [-0.25, -0.2) is 5.84 Å². The molecule has 1 saturated heterocycles. The van der Waals surface area contributed by atoms with Crippen LogP contribution in [0, 0.1) is 0 Å². The van der Waals surface area contributed by atoms with Crippen molar-refractivity contribution in [3.8, 4) is 0 Å². The summed E-state index contributed by atoms with van der Waals surface area (Å²) in [5.41, 5.74) is 1.23. The number of ether oxygens (including phenoxy) is 1. The maximum Gasteiger partial charge on any atom is 0.0492 e. The zero-order chi connectivity index (χ0) is 9.68. The second kappa shape index (κ2) is 5.25. The van der Waals surface area contributed by atoms with E-state index in [1.807, 2.05) is 11.9 Å². The Bertz CT molecular complexity index is 174. The van der Waals surface area contributed by atoms with Gasteiger partial charge in [-0.05, 0) is 26.2 Å². The van der Waals surface area contributed by atoms with Gasteiger partial charge in [-0.2, -0.15) is 0 Å². The van der Waals surface area contributed by atoms with Crippen molar-refractivity contribution >= 4 is 0 Å². The van der Waals surface area contributed by atoms with Gasteiger partial charge in [-0.3, -0.25) is 0 Å². The molecule has 1 rings (SSSR count). The molecule has 3 nitrogen and oxygen atoms in total. The van der Waals surface area contributed by atoms with Crippen LogP contribution in [-0.2, 0) is 4.74 Å². The van der Waals surface area contributed by atoms with E-state index in [2.05, 4.69) is 13.0 Å². The fraction of sp³-hybridized carbons (Fsp3) is 0.800. The highest BCUT2D eigenvalue weighted by Gasteiger charge is 2.19. The lowest BCUT2D eigenvalue weighted by atomic mass is 10.1. The van der Waals surface area contributed by atoms with Gasteiger partial charge in [0, 0.05) is 25.0 Å². The summed E-state index contributed by atoms with van der Waals surface area (Å²) < 4.78 is 5.30. The quantitative estimate of drug-likeness (QED) is 0.535. The molecule has 3 heteroatoms. The third-order valence-corrected chi connectivity index (χ3v) is 2.61. The van der Waals surface area contributed by atoms with Crippen LogP contribution in [0.15, 0.2) is 11.8 Å². The second-order valence-corrected chi connectivity index (χ2v) is 3.38. The molecule has 13 heavy (non-hydrogen) atoms. The first-order valence-electron chi connectivity index (χ1n) is 5.06. The van der Waals surface area contributed by atoms with Crippen LogP contribution in [0.25, 0.3) is 0 Å². The lowest BCUT2D eigenvalue weighted by molar-refractivity contribution is 0.0445. The van der Waals surface area contributed by atoms with Crippen molar-refractivity contribution in [2.24, 2.45) is 5.84 Å². The Kier molecular flexibility index (Phi) is 4.25. The highest BCUT2D eigenvalue weighted by Crippen LogP contribution is 2.16. The van der Waals surface area contributed by atoms with E-state index in [1.54, 1.807) is 0 Å². The molecule has 1 aliphatic heterocycles. The molecule has 0 radical (unpaired) electrons. The molecule has 0 aliphatic carbocycles. The van der Waals surface area contributed by atoms with Crippen molar-refractivity contribution in [2.45, 2.75) is 39.2 Å². The average Bonchev–Trinajstić information content (AvgIpc) is 2.21. The SMILES string of the molecule is C/C=C(\CC)N(N)C1CCOCC1. The number of rotatable bonds is 3. The third-order valence-electron chi connectivity index (χ3n) is 2.61. The maximum atomic E-state index is 6.02. The summed E-state index contributed by atoms with van der Waals surface area (Å²) in [5, 5.41) is 1.92. The first kappa shape index (κ1) is 10.5. The molecule has 0 aromatic rings. The lowest BCUT2D eigenvalue weighted by Gasteiger charge is -2.33. The maximum absolute atomic E-state index is 6.02. The van der Waals surface area contributed by atoms with E-state index in [1.165, 1.54) is 5.70 Å². The summed E-state index contributed by atoms with van der Waals surface area (Å²) in [6.45, 7) is 5.87. The second-order valence-electron chi connectivity index (χ2n) is 3.38. The van der Waals surface area contributed by atoms with Gasteiger partial charge in [-0.1, -0.05) is 13.0 Å². The molecule has 0 bridgehead atoms. The number of hydrogen-bond donors (Lipinski definition) is 1. The zero-order valence-electron chi connectivity index (χ0n) is 8.62. The van der Waals surface area contributed by atoms with E-state index < -0.39 is 0 Å². The van der Waals surface area contributed by atoms with Crippen LogP contribution < -0.4 is 5.84 Å². The molecule has 0 unspecified atom stereocenters. The van der Waals surface area contributed by atoms with E-state index in [-0.39, 0.29) is 0 Å². The van der Waals surface area contributed by atoms with Gasteiger partial charge < -0.3 is 9.75 Å². The molecule has 0 amide bonds. The predicted octanol–water partition coefficient (Wildman–Crippen LogP) is 1.65. The molecule has 0 saturated carbocycles. The molecule has 0 aromatic carbocycles. The number of nitrogens with zero attached hydrogens (tertiary/aromatic N) is 1. The first-order valence-corrected chi connectivity index (χ1v) is 5.06. The zero-order valence-corrected chi connectivity index (χ0v) is 8.62. The fourth-order valence-electron chi connectivity index (χ4n) is 1.73. The van der Waals surface area contributed by atoms with Gasteiger partial charge in [0.25, 0.3) is 0 Å². The molecule has 1 heterocycles.